The van der Waals surface area contributed by atoms with Crippen molar-refractivity contribution in [3.05, 3.63) is 60.2 Å². The highest BCUT2D eigenvalue weighted by atomic mass is 32.2. The lowest BCUT2D eigenvalue weighted by Gasteiger charge is -2.28. The third kappa shape index (κ3) is 3.72. The summed E-state index contributed by atoms with van der Waals surface area (Å²) in [6.45, 7) is 1.68. The Hall–Kier alpha value is -1.89. The van der Waals surface area contributed by atoms with Crippen molar-refractivity contribution in [3.63, 3.8) is 0 Å². The Morgan fingerprint density at radius 3 is 2.13 bits per heavy atom. The van der Waals surface area contributed by atoms with Gasteiger partial charge in [0.15, 0.2) is 0 Å². The molecule has 0 aliphatic heterocycles. The molecule has 2 rings (SSSR count). The minimum Gasteiger partial charge on any atom is -0.497 e. The fourth-order valence-corrected chi connectivity index (χ4v) is 3.63. The van der Waals surface area contributed by atoms with Crippen LogP contribution in [-0.2, 0) is 10.0 Å². The molecule has 2 atom stereocenters. The zero-order chi connectivity index (χ0) is 17.0. The Morgan fingerprint density at radius 2 is 1.61 bits per heavy atom. The van der Waals surface area contributed by atoms with Gasteiger partial charge in [-0.15, -0.1) is 0 Å². The molecule has 2 aromatic rings. The highest BCUT2D eigenvalue weighted by molar-refractivity contribution is 7.89. The highest BCUT2D eigenvalue weighted by Gasteiger charge is 2.30. The second kappa shape index (κ2) is 7.12. The molecule has 0 unspecified atom stereocenters. The number of rotatable bonds is 6. The second-order valence-corrected chi connectivity index (χ2v) is 7.29. The van der Waals surface area contributed by atoms with Crippen LogP contribution in [0.5, 0.6) is 5.75 Å². The minimum absolute atomic E-state index is 0.160. The molecule has 124 valence electrons. The molecule has 5 nitrogen and oxygen atoms in total. The number of likely N-dealkylation sites (N-methyl/N-ethyl adjacent to an activating group) is 1. The Labute approximate surface area is 137 Å². The van der Waals surface area contributed by atoms with Crippen molar-refractivity contribution >= 4 is 10.0 Å². The van der Waals surface area contributed by atoms with Crippen LogP contribution < -0.4 is 4.74 Å². The van der Waals surface area contributed by atoms with E-state index in [-0.39, 0.29) is 4.90 Å². The summed E-state index contributed by atoms with van der Waals surface area (Å²) in [7, 11) is -0.708. The number of ether oxygens (including phenoxy) is 1. The van der Waals surface area contributed by atoms with Gasteiger partial charge in [-0.3, -0.25) is 0 Å². The standard InChI is InChI=1S/C17H21NO4S/c1-13(17(19)14-7-5-4-6-8-14)18(2)23(20,21)16-11-9-15(22-3)10-12-16/h4-13,17,19H,1-3H3/t13-,17-/m0/s1. The average Bonchev–Trinajstić information content (AvgIpc) is 2.60. The maximum Gasteiger partial charge on any atom is 0.243 e. The van der Waals surface area contributed by atoms with Crippen molar-refractivity contribution in [3.8, 4) is 5.75 Å². The molecule has 1 N–H and O–H groups in total. The summed E-state index contributed by atoms with van der Waals surface area (Å²) in [6.07, 6.45) is -0.908. The number of hydrogen-bond donors (Lipinski definition) is 1. The first-order valence-corrected chi connectivity index (χ1v) is 8.67. The van der Waals surface area contributed by atoms with Crippen LogP contribution in [0.15, 0.2) is 59.5 Å². The summed E-state index contributed by atoms with van der Waals surface area (Å²) >= 11 is 0. The summed E-state index contributed by atoms with van der Waals surface area (Å²) in [4.78, 5) is 0.160. The third-order valence-corrected chi connectivity index (χ3v) is 5.87. The lowest BCUT2D eigenvalue weighted by Crippen LogP contribution is -2.39. The summed E-state index contributed by atoms with van der Waals surface area (Å²) in [5, 5.41) is 10.4. The highest BCUT2D eigenvalue weighted by Crippen LogP contribution is 2.25. The summed E-state index contributed by atoms with van der Waals surface area (Å²) in [5.41, 5.74) is 0.678. The molecule has 2 aromatic carbocycles. The van der Waals surface area contributed by atoms with Crippen LogP contribution in [-0.4, -0.2) is 38.0 Å². The van der Waals surface area contributed by atoms with Gasteiger partial charge in [-0.05, 0) is 36.8 Å². The van der Waals surface area contributed by atoms with Crippen molar-refractivity contribution in [1.82, 2.24) is 4.31 Å². The molecule has 0 bridgehead atoms. The molecular formula is C17H21NO4S. The van der Waals surface area contributed by atoms with Crippen molar-refractivity contribution < 1.29 is 18.3 Å². The van der Waals surface area contributed by atoms with E-state index in [9.17, 15) is 13.5 Å². The molecule has 23 heavy (non-hydrogen) atoms. The number of aliphatic hydroxyl groups excluding tert-OH is 1. The molecule has 0 radical (unpaired) electrons. The zero-order valence-corrected chi connectivity index (χ0v) is 14.2. The Bertz CT molecular complexity index is 729. The first kappa shape index (κ1) is 17.5. The fraction of sp³-hybridized carbons (Fsp3) is 0.294. The van der Waals surface area contributed by atoms with Crippen molar-refractivity contribution in [2.24, 2.45) is 0 Å². The molecule has 0 aliphatic rings. The first-order valence-electron chi connectivity index (χ1n) is 7.23. The van der Waals surface area contributed by atoms with Gasteiger partial charge < -0.3 is 9.84 Å². The topological polar surface area (TPSA) is 66.8 Å². The van der Waals surface area contributed by atoms with Crippen LogP contribution in [0.2, 0.25) is 0 Å². The number of hydrogen-bond acceptors (Lipinski definition) is 4. The largest absolute Gasteiger partial charge is 0.497 e. The molecule has 0 saturated carbocycles. The lowest BCUT2D eigenvalue weighted by molar-refractivity contribution is 0.108. The van der Waals surface area contributed by atoms with Crippen LogP contribution in [0, 0.1) is 0 Å². The van der Waals surface area contributed by atoms with E-state index >= 15 is 0 Å². The molecule has 0 spiro atoms. The van der Waals surface area contributed by atoms with E-state index in [0.29, 0.717) is 11.3 Å². The Balaban J connectivity index is 2.24. The maximum absolute atomic E-state index is 12.7. The van der Waals surface area contributed by atoms with Crippen LogP contribution in [0.3, 0.4) is 0 Å². The van der Waals surface area contributed by atoms with Gasteiger partial charge in [0.1, 0.15) is 5.75 Å². The quantitative estimate of drug-likeness (QED) is 0.880. The lowest BCUT2D eigenvalue weighted by atomic mass is 10.0. The van der Waals surface area contributed by atoms with Gasteiger partial charge in [-0.1, -0.05) is 30.3 Å². The Morgan fingerprint density at radius 1 is 1.04 bits per heavy atom. The van der Waals surface area contributed by atoms with Gasteiger partial charge in [0.2, 0.25) is 10.0 Å². The Kier molecular flexibility index (Phi) is 5.41. The fourth-order valence-electron chi connectivity index (χ4n) is 2.26. The van der Waals surface area contributed by atoms with E-state index in [2.05, 4.69) is 0 Å². The minimum atomic E-state index is -3.70. The molecule has 0 amide bonds. The van der Waals surface area contributed by atoms with Gasteiger partial charge in [0.05, 0.1) is 24.2 Å². The van der Waals surface area contributed by atoms with Gasteiger partial charge in [0.25, 0.3) is 0 Å². The van der Waals surface area contributed by atoms with Crippen LogP contribution in [0.1, 0.15) is 18.6 Å². The maximum atomic E-state index is 12.7. The molecule has 0 aromatic heterocycles. The third-order valence-electron chi connectivity index (χ3n) is 3.91. The van der Waals surface area contributed by atoms with Gasteiger partial charge in [0, 0.05) is 7.05 Å². The SMILES string of the molecule is COc1ccc(S(=O)(=O)N(C)[C@@H](C)[C@H](O)c2ccccc2)cc1. The van der Waals surface area contributed by atoms with Crippen molar-refractivity contribution in [1.29, 1.82) is 0 Å². The monoisotopic (exact) mass is 335 g/mol. The van der Waals surface area contributed by atoms with E-state index in [1.807, 2.05) is 18.2 Å². The van der Waals surface area contributed by atoms with Gasteiger partial charge in [-0.2, -0.15) is 4.31 Å². The molecule has 0 fully saturated rings. The van der Waals surface area contributed by atoms with Gasteiger partial charge in [-0.25, -0.2) is 8.42 Å². The number of benzene rings is 2. The molecule has 0 saturated heterocycles. The first-order chi connectivity index (χ1) is 10.9. The number of methoxy groups -OCH3 is 1. The summed E-state index contributed by atoms with van der Waals surface area (Å²) in [5.74, 6) is 0.587. The van der Waals surface area contributed by atoms with E-state index in [1.165, 1.54) is 30.6 Å². The van der Waals surface area contributed by atoms with E-state index < -0.39 is 22.2 Å². The summed E-state index contributed by atoms with van der Waals surface area (Å²) < 4.78 is 31.6. The predicted molar refractivity (Wildman–Crippen MR) is 88.8 cm³/mol. The van der Waals surface area contributed by atoms with Crippen molar-refractivity contribution in [2.45, 2.75) is 24.0 Å². The van der Waals surface area contributed by atoms with E-state index in [4.69, 9.17) is 4.74 Å². The van der Waals surface area contributed by atoms with Crippen LogP contribution in [0.25, 0.3) is 0 Å². The van der Waals surface area contributed by atoms with Crippen LogP contribution in [0.4, 0.5) is 0 Å². The van der Waals surface area contributed by atoms with E-state index in [1.54, 1.807) is 31.2 Å². The van der Waals surface area contributed by atoms with Gasteiger partial charge >= 0.3 is 0 Å². The average molecular weight is 335 g/mol. The van der Waals surface area contributed by atoms with Crippen LogP contribution >= 0.6 is 0 Å². The molecule has 6 heteroatoms. The normalized spacial score (nSPS) is 14.5. The predicted octanol–water partition coefficient (Wildman–Crippen LogP) is 2.44. The summed E-state index contributed by atoms with van der Waals surface area (Å²) in [6, 6.07) is 14.6. The second-order valence-electron chi connectivity index (χ2n) is 5.29. The number of aliphatic hydroxyl groups is 1. The smallest absolute Gasteiger partial charge is 0.243 e. The van der Waals surface area contributed by atoms with E-state index in [0.717, 1.165) is 0 Å². The van der Waals surface area contributed by atoms with Crippen molar-refractivity contribution in [2.75, 3.05) is 14.2 Å². The molecule has 0 heterocycles. The number of nitrogens with zero attached hydrogens (tertiary/aromatic N) is 1. The number of sulfonamides is 1. The zero-order valence-electron chi connectivity index (χ0n) is 13.4. The molecular weight excluding hydrogens is 314 g/mol. The molecule has 0 aliphatic carbocycles.